The number of aliphatic carboxylic acids is 2. The molecule has 1 aromatic carbocycles. The highest BCUT2D eigenvalue weighted by Crippen LogP contribution is 2.17. The van der Waals surface area contributed by atoms with Gasteiger partial charge in [-0.25, -0.2) is 14.0 Å². The fourth-order valence-electron chi connectivity index (χ4n) is 2.77. The van der Waals surface area contributed by atoms with Gasteiger partial charge >= 0.3 is 11.9 Å². The van der Waals surface area contributed by atoms with Gasteiger partial charge in [-0.2, -0.15) is 0 Å². The van der Waals surface area contributed by atoms with E-state index in [0.717, 1.165) is 43.5 Å². The topological polar surface area (TPSA) is 103 Å². The zero-order valence-electron chi connectivity index (χ0n) is 14.1. The second kappa shape index (κ2) is 9.12. The number of nitrogens with zero attached hydrogens (tertiary/aromatic N) is 2. The Hall–Kier alpha value is -2.71. The molecular weight excluding hydrogens is 343 g/mol. The molecule has 0 amide bonds. The Labute approximate surface area is 149 Å². The molecule has 0 bridgehead atoms. The molecule has 1 aliphatic rings. The number of halogens is 1. The highest BCUT2D eigenvalue weighted by molar-refractivity contribution is 5.89. The molecule has 7 nitrogen and oxygen atoms in total. The number of β-amino-alcohol motifs (C(OH)–C–C–N with tert-alkyl or cyclic N) is 1. The minimum absolute atomic E-state index is 0.166. The Bertz CT molecular complexity index is 786. The van der Waals surface area contributed by atoms with Gasteiger partial charge in [-0.05, 0) is 30.7 Å². The maximum absolute atomic E-state index is 13.1. The summed E-state index contributed by atoms with van der Waals surface area (Å²) in [4.78, 5) is 21.4. The first kappa shape index (κ1) is 19.6. The van der Waals surface area contributed by atoms with Crippen molar-refractivity contribution in [2.45, 2.75) is 19.1 Å². The number of carboxylic acid groups (broad SMARTS) is 2. The van der Waals surface area contributed by atoms with E-state index in [1.165, 1.54) is 6.07 Å². The lowest BCUT2D eigenvalue weighted by Gasteiger charge is -2.15. The molecule has 0 saturated carbocycles. The predicted molar refractivity (Wildman–Crippen MR) is 93.4 cm³/mol. The third-order valence-electron chi connectivity index (χ3n) is 4.01. The van der Waals surface area contributed by atoms with E-state index in [4.69, 9.17) is 10.2 Å². The summed E-state index contributed by atoms with van der Waals surface area (Å²) in [6, 6.07) is 6.82. The van der Waals surface area contributed by atoms with Crippen molar-refractivity contribution in [2.75, 3.05) is 19.6 Å². The van der Waals surface area contributed by atoms with Gasteiger partial charge in [0.1, 0.15) is 5.82 Å². The average Bonchev–Trinajstić information content (AvgIpc) is 3.17. The molecule has 0 spiro atoms. The molecule has 3 rings (SSSR count). The summed E-state index contributed by atoms with van der Waals surface area (Å²) >= 11 is 0. The summed E-state index contributed by atoms with van der Waals surface area (Å²) in [6.07, 6.45) is 3.82. The first-order valence-corrected chi connectivity index (χ1v) is 8.14. The number of carbonyl (C=O) groups is 2. The van der Waals surface area contributed by atoms with Crippen molar-refractivity contribution < 1.29 is 29.3 Å². The van der Waals surface area contributed by atoms with Gasteiger partial charge in [0.2, 0.25) is 0 Å². The van der Waals surface area contributed by atoms with Gasteiger partial charge in [0, 0.05) is 55.4 Å². The average molecular weight is 364 g/mol. The van der Waals surface area contributed by atoms with Crippen LogP contribution in [0.4, 0.5) is 4.39 Å². The third kappa shape index (κ3) is 5.98. The summed E-state index contributed by atoms with van der Waals surface area (Å²) < 4.78 is 15.2. The molecule has 2 aromatic rings. The minimum atomic E-state index is -1.26. The van der Waals surface area contributed by atoms with Gasteiger partial charge in [-0.3, -0.25) is 4.90 Å². The van der Waals surface area contributed by atoms with Crippen molar-refractivity contribution in [3.63, 3.8) is 0 Å². The Morgan fingerprint density at radius 1 is 1.15 bits per heavy atom. The van der Waals surface area contributed by atoms with Crippen LogP contribution in [-0.2, 0) is 16.1 Å². The molecule has 3 N–H and O–H groups in total. The van der Waals surface area contributed by atoms with E-state index in [0.29, 0.717) is 12.2 Å². The van der Waals surface area contributed by atoms with Crippen LogP contribution in [0.15, 0.2) is 42.6 Å². The van der Waals surface area contributed by atoms with Crippen molar-refractivity contribution >= 4 is 22.8 Å². The van der Waals surface area contributed by atoms with Gasteiger partial charge < -0.3 is 19.9 Å². The van der Waals surface area contributed by atoms with E-state index in [1.807, 2.05) is 18.3 Å². The number of aliphatic hydroxyl groups excluding tert-OH is 1. The highest BCUT2D eigenvalue weighted by Gasteiger charge is 2.19. The molecule has 1 unspecified atom stereocenters. The van der Waals surface area contributed by atoms with Crippen LogP contribution in [0.25, 0.3) is 10.9 Å². The lowest BCUT2D eigenvalue weighted by atomic mass is 10.2. The van der Waals surface area contributed by atoms with Gasteiger partial charge in [-0.1, -0.05) is 0 Å². The van der Waals surface area contributed by atoms with Crippen molar-refractivity contribution in [3.05, 3.63) is 48.4 Å². The molecule has 1 atom stereocenters. The van der Waals surface area contributed by atoms with E-state index >= 15 is 0 Å². The standard InChI is InChI=1S/C14H17FN2O.C4H4O4/c15-12-1-2-14-11(9-12)3-6-17(14)8-7-16-5-4-13(18)10-16;5-3(6)1-2-4(7)8/h1-3,6,9,13,18H,4-5,7-8,10H2;1-2H,(H,5,6)(H,7,8)/b;2-1+. The minimum Gasteiger partial charge on any atom is -0.478 e. The van der Waals surface area contributed by atoms with Crippen LogP contribution >= 0.6 is 0 Å². The van der Waals surface area contributed by atoms with Gasteiger partial charge in [0.05, 0.1) is 6.10 Å². The summed E-state index contributed by atoms with van der Waals surface area (Å²) in [5.74, 6) is -2.71. The van der Waals surface area contributed by atoms with Gasteiger partial charge in [0.15, 0.2) is 0 Å². The quantitative estimate of drug-likeness (QED) is 0.696. The lowest BCUT2D eigenvalue weighted by molar-refractivity contribution is -0.134. The van der Waals surface area contributed by atoms with Crippen LogP contribution in [0.5, 0.6) is 0 Å². The van der Waals surface area contributed by atoms with E-state index in [1.54, 1.807) is 6.07 Å². The Morgan fingerprint density at radius 3 is 2.42 bits per heavy atom. The molecule has 1 aliphatic heterocycles. The van der Waals surface area contributed by atoms with Crippen LogP contribution in [0.2, 0.25) is 0 Å². The lowest BCUT2D eigenvalue weighted by Crippen LogP contribution is -2.26. The van der Waals surface area contributed by atoms with Crippen molar-refractivity contribution in [2.24, 2.45) is 0 Å². The third-order valence-corrected chi connectivity index (χ3v) is 4.01. The number of carboxylic acids is 2. The van der Waals surface area contributed by atoms with E-state index < -0.39 is 11.9 Å². The molecule has 140 valence electrons. The van der Waals surface area contributed by atoms with Crippen LogP contribution in [0, 0.1) is 5.82 Å². The zero-order valence-corrected chi connectivity index (χ0v) is 14.1. The monoisotopic (exact) mass is 364 g/mol. The smallest absolute Gasteiger partial charge is 0.328 e. The SMILES string of the molecule is O=C(O)/C=C/C(=O)O.OC1CCN(CCn2ccc3cc(F)ccc32)C1. The molecule has 8 heteroatoms. The second-order valence-corrected chi connectivity index (χ2v) is 5.97. The maximum atomic E-state index is 13.1. The van der Waals surface area contributed by atoms with E-state index in [9.17, 15) is 19.1 Å². The summed E-state index contributed by atoms with van der Waals surface area (Å²) in [5, 5.41) is 26.0. The number of likely N-dealkylation sites (tertiary alicyclic amines) is 1. The van der Waals surface area contributed by atoms with E-state index in [2.05, 4.69) is 9.47 Å². The van der Waals surface area contributed by atoms with Crippen LogP contribution in [0.3, 0.4) is 0 Å². The van der Waals surface area contributed by atoms with Crippen LogP contribution < -0.4 is 0 Å². The Balaban J connectivity index is 0.000000260. The first-order valence-electron chi connectivity index (χ1n) is 8.14. The largest absolute Gasteiger partial charge is 0.478 e. The predicted octanol–water partition coefficient (Wildman–Crippen LogP) is 1.56. The number of rotatable bonds is 5. The normalized spacial score (nSPS) is 17.4. The van der Waals surface area contributed by atoms with Crippen molar-refractivity contribution in [1.82, 2.24) is 9.47 Å². The molecule has 0 aliphatic carbocycles. The number of aromatic nitrogens is 1. The van der Waals surface area contributed by atoms with Crippen molar-refractivity contribution in [1.29, 1.82) is 0 Å². The summed E-state index contributed by atoms with van der Waals surface area (Å²) in [5.41, 5.74) is 1.07. The summed E-state index contributed by atoms with van der Waals surface area (Å²) in [7, 11) is 0. The molecule has 1 fully saturated rings. The van der Waals surface area contributed by atoms with Gasteiger partial charge in [0.25, 0.3) is 0 Å². The number of aliphatic hydroxyl groups is 1. The van der Waals surface area contributed by atoms with Crippen LogP contribution in [-0.4, -0.2) is 62.5 Å². The molecule has 1 saturated heterocycles. The number of hydrogen-bond donors (Lipinski definition) is 3. The highest BCUT2D eigenvalue weighted by atomic mass is 19.1. The summed E-state index contributed by atoms with van der Waals surface area (Å²) in [6.45, 7) is 3.54. The fraction of sp³-hybridized carbons (Fsp3) is 0.333. The zero-order chi connectivity index (χ0) is 19.1. The molecule has 2 heterocycles. The molecule has 1 aromatic heterocycles. The molecular formula is C18H21FN2O5. The fourth-order valence-corrected chi connectivity index (χ4v) is 2.77. The number of hydrogen-bond acceptors (Lipinski definition) is 4. The number of fused-ring (bicyclic) bond motifs is 1. The number of benzene rings is 1. The Kier molecular flexibility index (Phi) is 6.88. The maximum Gasteiger partial charge on any atom is 0.328 e. The molecule has 26 heavy (non-hydrogen) atoms. The van der Waals surface area contributed by atoms with E-state index in [-0.39, 0.29) is 11.9 Å². The van der Waals surface area contributed by atoms with Gasteiger partial charge in [-0.15, -0.1) is 0 Å². The van der Waals surface area contributed by atoms with Crippen molar-refractivity contribution in [3.8, 4) is 0 Å². The van der Waals surface area contributed by atoms with Crippen LogP contribution in [0.1, 0.15) is 6.42 Å². The first-order chi connectivity index (χ1) is 12.3. The molecule has 0 radical (unpaired) electrons. The Morgan fingerprint density at radius 2 is 1.85 bits per heavy atom. The second-order valence-electron chi connectivity index (χ2n) is 5.97.